The molecule has 2 rings (SSSR count). The average molecular weight is 335 g/mol. The molecule has 1 aliphatic rings. The summed E-state index contributed by atoms with van der Waals surface area (Å²) >= 11 is 9.44. The molecule has 0 bridgehead atoms. The van der Waals surface area contributed by atoms with Gasteiger partial charge in [0.2, 0.25) is 0 Å². The fraction of sp³-hybridized carbons (Fsp3) is 0.538. The summed E-state index contributed by atoms with van der Waals surface area (Å²) in [5.41, 5.74) is 0.993. The zero-order chi connectivity index (χ0) is 13.0. The van der Waals surface area contributed by atoms with E-state index in [1.54, 1.807) is 7.11 Å². The van der Waals surface area contributed by atoms with Crippen molar-refractivity contribution in [1.82, 2.24) is 5.32 Å². The van der Waals surface area contributed by atoms with Crippen molar-refractivity contribution in [3.8, 4) is 0 Å². The molecule has 0 aliphatic carbocycles. The van der Waals surface area contributed by atoms with E-state index in [9.17, 15) is 0 Å². The van der Waals surface area contributed by atoms with Gasteiger partial charge >= 0.3 is 0 Å². The van der Waals surface area contributed by atoms with E-state index in [-0.39, 0.29) is 5.60 Å². The standard InChI is InChI=1S/C13H17BrClNO2/c1-17-13(4-5-18-9-13)8-16-7-10-2-3-11(14)12(15)6-10/h2-3,6,16H,4-5,7-9H2,1H3. The Balaban J connectivity index is 1.86. The van der Waals surface area contributed by atoms with Gasteiger partial charge in [0, 0.05) is 37.7 Å². The minimum absolute atomic E-state index is 0.168. The SMILES string of the molecule is COC1(CNCc2ccc(Br)c(Cl)c2)CCOC1. The van der Waals surface area contributed by atoms with E-state index < -0.39 is 0 Å². The summed E-state index contributed by atoms with van der Waals surface area (Å²) in [6.07, 6.45) is 0.942. The van der Waals surface area contributed by atoms with E-state index in [2.05, 4.69) is 21.2 Å². The van der Waals surface area contributed by atoms with Crippen molar-refractivity contribution >= 4 is 27.5 Å². The predicted octanol–water partition coefficient (Wildman–Crippen LogP) is 3.00. The van der Waals surface area contributed by atoms with E-state index in [0.717, 1.165) is 41.2 Å². The summed E-state index contributed by atoms with van der Waals surface area (Å²) in [5, 5.41) is 4.14. The van der Waals surface area contributed by atoms with Gasteiger partial charge in [-0.2, -0.15) is 0 Å². The van der Waals surface area contributed by atoms with Crippen molar-refractivity contribution in [3.05, 3.63) is 33.3 Å². The molecule has 1 atom stereocenters. The third-order valence-corrected chi connectivity index (χ3v) is 4.49. The molecule has 3 nitrogen and oxygen atoms in total. The number of rotatable bonds is 5. The third kappa shape index (κ3) is 3.45. The van der Waals surface area contributed by atoms with Crippen molar-refractivity contribution in [2.45, 2.75) is 18.6 Å². The molecule has 0 amide bonds. The van der Waals surface area contributed by atoms with Gasteiger partial charge in [-0.1, -0.05) is 17.7 Å². The first-order valence-electron chi connectivity index (χ1n) is 5.93. The molecule has 1 saturated heterocycles. The van der Waals surface area contributed by atoms with Crippen molar-refractivity contribution < 1.29 is 9.47 Å². The molecule has 1 fully saturated rings. The molecule has 0 saturated carbocycles. The van der Waals surface area contributed by atoms with Crippen LogP contribution in [0.2, 0.25) is 5.02 Å². The van der Waals surface area contributed by atoms with Gasteiger partial charge in [-0.05, 0) is 33.6 Å². The van der Waals surface area contributed by atoms with Crippen LogP contribution in [0.15, 0.2) is 22.7 Å². The Morgan fingerprint density at radius 2 is 2.39 bits per heavy atom. The quantitative estimate of drug-likeness (QED) is 0.898. The van der Waals surface area contributed by atoms with Crippen molar-refractivity contribution in [3.63, 3.8) is 0 Å². The van der Waals surface area contributed by atoms with Crippen molar-refractivity contribution in [2.24, 2.45) is 0 Å². The molecule has 0 spiro atoms. The van der Waals surface area contributed by atoms with Crippen LogP contribution < -0.4 is 5.32 Å². The van der Waals surface area contributed by atoms with Crippen LogP contribution in [0.3, 0.4) is 0 Å². The molecular weight excluding hydrogens is 318 g/mol. The molecule has 1 N–H and O–H groups in total. The first-order valence-corrected chi connectivity index (χ1v) is 7.10. The fourth-order valence-corrected chi connectivity index (χ4v) is 2.50. The van der Waals surface area contributed by atoms with Crippen LogP contribution in [0.5, 0.6) is 0 Å². The highest BCUT2D eigenvalue weighted by Crippen LogP contribution is 2.24. The Morgan fingerprint density at radius 1 is 1.56 bits per heavy atom. The first-order chi connectivity index (χ1) is 8.65. The zero-order valence-electron chi connectivity index (χ0n) is 10.3. The van der Waals surface area contributed by atoms with Gasteiger partial charge in [0.05, 0.1) is 11.6 Å². The number of halogens is 2. The van der Waals surface area contributed by atoms with Crippen LogP contribution in [0, 0.1) is 0 Å². The lowest BCUT2D eigenvalue weighted by Gasteiger charge is -2.26. The molecule has 1 heterocycles. The van der Waals surface area contributed by atoms with Gasteiger partial charge in [-0.15, -0.1) is 0 Å². The number of ether oxygens (including phenoxy) is 2. The lowest BCUT2D eigenvalue weighted by Crippen LogP contribution is -2.42. The highest BCUT2D eigenvalue weighted by Gasteiger charge is 2.34. The summed E-state index contributed by atoms with van der Waals surface area (Å²) in [6.45, 7) is 3.01. The van der Waals surface area contributed by atoms with Crippen molar-refractivity contribution in [1.29, 1.82) is 0 Å². The maximum atomic E-state index is 6.06. The Labute approximate surface area is 121 Å². The maximum Gasteiger partial charge on any atom is 0.106 e. The summed E-state index contributed by atoms with van der Waals surface area (Å²) in [7, 11) is 1.74. The molecule has 1 aromatic rings. The number of nitrogens with one attached hydrogen (secondary N) is 1. The van der Waals surface area contributed by atoms with E-state index in [1.165, 1.54) is 0 Å². The molecule has 100 valence electrons. The summed E-state index contributed by atoms with van der Waals surface area (Å²) in [4.78, 5) is 0. The number of methoxy groups -OCH3 is 1. The molecule has 1 unspecified atom stereocenters. The Bertz CT molecular complexity index is 408. The van der Waals surface area contributed by atoms with Gasteiger partial charge in [-0.3, -0.25) is 0 Å². The molecule has 5 heteroatoms. The normalized spacial score (nSPS) is 23.5. The first kappa shape index (κ1) is 14.3. The Kier molecular flexibility index (Phi) is 5.04. The Morgan fingerprint density at radius 3 is 3.00 bits per heavy atom. The number of benzene rings is 1. The molecule has 1 aliphatic heterocycles. The summed E-state index contributed by atoms with van der Waals surface area (Å²) in [6, 6.07) is 5.97. The second-order valence-electron chi connectivity index (χ2n) is 4.54. The molecule has 18 heavy (non-hydrogen) atoms. The minimum Gasteiger partial charge on any atom is -0.378 e. The lowest BCUT2D eigenvalue weighted by atomic mass is 10.0. The van der Waals surface area contributed by atoms with Crippen LogP contribution in [0.4, 0.5) is 0 Å². The molecule has 0 radical (unpaired) electrons. The highest BCUT2D eigenvalue weighted by molar-refractivity contribution is 9.10. The lowest BCUT2D eigenvalue weighted by molar-refractivity contribution is -0.0159. The number of hydrogen-bond donors (Lipinski definition) is 1. The summed E-state index contributed by atoms with van der Waals surface area (Å²) < 4.78 is 11.9. The van der Waals surface area contributed by atoms with Gasteiger partial charge in [0.1, 0.15) is 5.60 Å². The predicted molar refractivity (Wildman–Crippen MR) is 76.0 cm³/mol. The van der Waals surface area contributed by atoms with Crippen molar-refractivity contribution in [2.75, 3.05) is 26.9 Å². The van der Waals surface area contributed by atoms with Crippen LogP contribution in [-0.4, -0.2) is 32.5 Å². The Hall–Kier alpha value is -0.130. The number of hydrogen-bond acceptors (Lipinski definition) is 3. The second-order valence-corrected chi connectivity index (χ2v) is 5.80. The minimum atomic E-state index is -0.168. The molecule has 1 aromatic carbocycles. The fourth-order valence-electron chi connectivity index (χ4n) is 2.05. The van der Waals surface area contributed by atoms with E-state index in [0.29, 0.717) is 6.61 Å². The van der Waals surface area contributed by atoms with Gasteiger partial charge < -0.3 is 14.8 Å². The smallest absolute Gasteiger partial charge is 0.106 e. The van der Waals surface area contributed by atoms with Gasteiger partial charge in [0.25, 0.3) is 0 Å². The topological polar surface area (TPSA) is 30.5 Å². The van der Waals surface area contributed by atoms with E-state index >= 15 is 0 Å². The monoisotopic (exact) mass is 333 g/mol. The van der Waals surface area contributed by atoms with E-state index in [4.69, 9.17) is 21.1 Å². The van der Waals surface area contributed by atoms with Gasteiger partial charge in [0.15, 0.2) is 0 Å². The third-order valence-electron chi connectivity index (χ3n) is 3.26. The van der Waals surface area contributed by atoms with Crippen LogP contribution in [0.1, 0.15) is 12.0 Å². The maximum absolute atomic E-state index is 6.06. The zero-order valence-corrected chi connectivity index (χ0v) is 12.7. The highest BCUT2D eigenvalue weighted by atomic mass is 79.9. The van der Waals surface area contributed by atoms with Crippen LogP contribution in [-0.2, 0) is 16.0 Å². The molecule has 0 aromatic heterocycles. The average Bonchev–Trinajstić information content (AvgIpc) is 2.83. The second kappa shape index (κ2) is 6.35. The summed E-state index contributed by atoms with van der Waals surface area (Å²) in [5.74, 6) is 0. The van der Waals surface area contributed by atoms with Gasteiger partial charge in [-0.25, -0.2) is 0 Å². The van der Waals surface area contributed by atoms with Crippen LogP contribution in [0.25, 0.3) is 0 Å². The van der Waals surface area contributed by atoms with Crippen LogP contribution >= 0.6 is 27.5 Å². The van der Waals surface area contributed by atoms with E-state index in [1.807, 2.05) is 18.2 Å². The molecular formula is C13H17BrClNO2. The largest absolute Gasteiger partial charge is 0.378 e.